The van der Waals surface area contributed by atoms with Crippen LogP contribution in [0.25, 0.3) is 10.9 Å². The fourth-order valence-electron chi connectivity index (χ4n) is 6.09. The molecule has 13 heteroatoms. The minimum atomic E-state index is -1.66. The van der Waals surface area contributed by atoms with Crippen molar-refractivity contribution in [3.63, 3.8) is 0 Å². The predicted molar refractivity (Wildman–Crippen MR) is 145 cm³/mol. The first-order valence-electron chi connectivity index (χ1n) is 13.7. The van der Waals surface area contributed by atoms with Crippen molar-refractivity contribution >= 4 is 22.8 Å². The van der Waals surface area contributed by atoms with Crippen LogP contribution in [-0.2, 0) is 39.7 Å². The number of benzene rings is 1. The van der Waals surface area contributed by atoms with Gasteiger partial charge in [-0.25, -0.2) is 4.79 Å². The van der Waals surface area contributed by atoms with E-state index in [1.165, 1.54) is 20.5 Å². The van der Waals surface area contributed by atoms with Crippen molar-refractivity contribution in [2.75, 3.05) is 20.8 Å². The van der Waals surface area contributed by atoms with Crippen LogP contribution in [0.15, 0.2) is 48.8 Å². The van der Waals surface area contributed by atoms with Crippen LogP contribution in [-0.4, -0.2) is 101 Å². The standard InChI is InChI=1S/C29H36N2O11/c1-4-13-15(9-19-22-16(10-20(30-19)27(37)39-3)14-7-5-6-8-18(14)31-22)17(26(36)38-2)12-40-28(13)42-29-25(35)24(34)23(33)21(11-32)41-29/h4-8,12-13,15,19-21,23-25,28-35H,1,9-11H2,2-3H3. The molecule has 0 saturated carbocycles. The Morgan fingerprint density at radius 1 is 1.10 bits per heavy atom. The van der Waals surface area contributed by atoms with Gasteiger partial charge in [-0.1, -0.05) is 24.3 Å². The van der Waals surface area contributed by atoms with Crippen LogP contribution in [0.1, 0.15) is 23.7 Å². The van der Waals surface area contributed by atoms with Gasteiger partial charge in [0.25, 0.3) is 0 Å². The van der Waals surface area contributed by atoms with Gasteiger partial charge in [-0.05, 0) is 18.1 Å². The normalized spacial score (nSPS) is 34.6. The number of nitrogens with one attached hydrogen (secondary N) is 2. The summed E-state index contributed by atoms with van der Waals surface area (Å²) in [5.41, 5.74) is 2.93. The highest BCUT2D eigenvalue weighted by Crippen LogP contribution is 2.42. The van der Waals surface area contributed by atoms with Crippen LogP contribution in [0.3, 0.4) is 0 Å². The van der Waals surface area contributed by atoms with E-state index >= 15 is 0 Å². The fraction of sp³-hybridized carbons (Fsp3) is 0.517. The van der Waals surface area contributed by atoms with Gasteiger partial charge in [-0.15, -0.1) is 6.58 Å². The quantitative estimate of drug-likeness (QED) is 0.178. The molecule has 2 aromatic rings. The summed E-state index contributed by atoms with van der Waals surface area (Å²) in [5.74, 6) is -2.37. The summed E-state index contributed by atoms with van der Waals surface area (Å²) in [4.78, 5) is 29.0. The molecule has 1 fully saturated rings. The smallest absolute Gasteiger partial charge is 0.337 e. The summed E-state index contributed by atoms with van der Waals surface area (Å²) in [5, 5.41) is 44.8. The number of ether oxygens (including phenoxy) is 5. The van der Waals surface area contributed by atoms with E-state index in [9.17, 15) is 30.0 Å². The number of rotatable bonds is 8. The number of para-hydroxylation sites is 1. The van der Waals surface area contributed by atoms with Crippen LogP contribution < -0.4 is 5.32 Å². The van der Waals surface area contributed by atoms with E-state index < -0.39 is 79.5 Å². The Morgan fingerprint density at radius 3 is 2.55 bits per heavy atom. The Morgan fingerprint density at radius 2 is 1.86 bits per heavy atom. The number of hydrogen-bond acceptors (Lipinski definition) is 12. The average Bonchev–Trinajstić information content (AvgIpc) is 3.39. The summed E-state index contributed by atoms with van der Waals surface area (Å²) >= 11 is 0. The third-order valence-electron chi connectivity index (χ3n) is 8.30. The molecule has 4 heterocycles. The largest absolute Gasteiger partial charge is 0.471 e. The van der Waals surface area contributed by atoms with Crippen molar-refractivity contribution in [1.82, 2.24) is 10.3 Å². The first-order valence-corrected chi connectivity index (χ1v) is 13.7. The molecule has 0 aliphatic carbocycles. The van der Waals surface area contributed by atoms with Gasteiger partial charge in [-0.2, -0.15) is 0 Å². The van der Waals surface area contributed by atoms with Gasteiger partial charge in [0, 0.05) is 40.9 Å². The number of hydrogen-bond donors (Lipinski definition) is 6. The minimum absolute atomic E-state index is 0.204. The molecular weight excluding hydrogens is 552 g/mol. The number of aliphatic hydroxyl groups excluding tert-OH is 4. The molecule has 13 nitrogen and oxygen atoms in total. The van der Waals surface area contributed by atoms with Crippen molar-refractivity contribution in [1.29, 1.82) is 0 Å². The number of H-pyrrole nitrogens is 1. The van der Waals surface area contributed by atoms with Crippen molar-refractivity contribution in [3.8, 4) is 0 Å². The van der Waals surface area contributed by atoms with E-state index in [0.717, 1.165) is 22.2 Å². The second-order valence-electron chi connectivity index (χ2n) is 10.6. The summed E-state index contributed by atoms with van der Waals surface area (Å²) in [6.07, 6.45) is -5.23. The Bertz CT molecular complexity index is 1340. The number of aromatic amines is 1. The lowest BCUT2D eigenvalue weighted by Crippen LogP contribution is -2.60. The van der Waals surface area contributed by atoms with E-state index in [2.05, 4.69) is 16.9 Å². The zero-order valence-corrected chi connectivity index (χ0v) is 23.2. The summed E-state index contributed by atoms with van der Waals surface area (Å²) in [6, 6.07) is 6.68. The minimum Gasteiger partial charge on any atom is -0.471 e. The maximum absolute atomic E-state index is 12.9. The van der Waals surface area contributed by atoms with Crippen molar-refractivity contribution in [2.45, 2.75) is 61.9 Å². The second-order valence-corrected chi connectivity index (χ2v) is 10.6. The second kappa shape index (κ2) is 12.5. The molecule has 1 saturated heterocycles. The molecule has 1 aromatic carbocycles. The molecule has 3 aliphatic heterocycles. The maximum atomic E-state index is 12.9. The molecule has 228 valence electrons. The molecule has 0 spiro atoms. The molecular formula is C29H36N2O11. The van der Waals surface area contributed by atoms with Crippen LogP contribution in [0, 0.1) is 11.8 Å². The van der Waals surface area contributed by atoms with Gasteiger partial charge in [-0.3, -0.25) is 10.1 Å². The topological polar surface area (TPSA) is 189 Å². The maximum Gasteiger partial charge on any atom is 0.337 e. The lowest BCUT2D eigenvalue weighted by Gasteiger charge is -2.43. The molecule has 6 N–H and O–H groups in total. The van der Waals surface area contributed by atoms with Crippen LogP contribution in [0.5, 0.6) is 0 Å². The molecule has 42 heavy (non-hydrogen) atoms. The van der Waals surface area contributed by atoms with Gasteiger partial charge < -0.3 is 49.1 Å². The highest BCUT2D eigenvalue weighted by atomic mass is 16.8. The summed E-state index contributed by atoms with van der Waals surface area (Å²) in [7, 11) is 2.58. The Hall–Kier alpha value is -3.30. The number of carbonyl (C=O) groups excluding carboxylic acids is 2. The van der Waals surface area contributed by atoms with Crippen molar-refractivity contribution in [2.24, 2.45) is 11.8 Å². The number of aromatic nitrogens is 1. The summed E-state index contributed by atoms with van der Waals surface area (Å²) < 4.78 is 27.3. The summed E-state index contributed by atoms with van der Waals surface area (Å²) in [6.45, 7) is 3.30. The first kappa shape index (κ1) is 30.2. The molecule has 3 aliphatic rings. The molecule has 10 unspecified atom stereocenters. The third kappa shape index (κ3) is 5.44. The molecule has 0 radical (unpaired) electrons. The van der Waals surface area contributed by atoms with E-state index in [-0.39, 0.29) is 12.0 Å². The number of esters is 2. The first-order chi connectivity index (χ1) is 20.2. The van der Waals surface area contributed by atoms with E-state index in [1.807, 2.05) is 24.3 Å². The van der Waals surface area contributed by atoms with E-state index in [1.54, 1.807) is 6.08 Å². The highest BCUT2D eigenvalue weighted by Gasteiger charge is 2.48. The lowest BCUT2D eigenvalue weighted by molar-refractivity contribution is -0.339. The number of carbonyl (C=O) groups is 2. The van der Waals surface area contributed by atoms with E-state index in [4.69, 9.17) is 23.7 Å². The molecule has 1 aromatic heterocycles. The zero-order valence-electron chi connectivity index (χ0n) is 23.2. The highest BCUT2D eigenvalue weighted by molar-refractivity contribution is 5.89. The fourth-order valence-corrected chi connectivity index (χ4v) is 6.09. The van der Waals surface area contributed by atoms with Crippen LogP contribution in [0.2, 0.25) is 0 Å². The number of methoxy groups -OCH3 is 2. The monoisotopic (exact) mass is 588 g/mol. The number of fused-ring (bicyclic) bond motifs is 3. The SMILES string of the molecule is C=CC1C(OC2OC(CO)C(O)C(O)C2O)OC=C(C(=O)OC)C1CC1NC(C(=O)OC)Cc2c1[nH]c1ccccc21. The van der Waals surface area contributed by atoms with E-state index in [0.29, 0.717) is 6.42 Å². The van der Waals surface area contributed by atoms with Crippen LogP contribution >= 0.6 is 0 Å². The number of aliphatic hydroxyl groups is 4. The average molecular weight is 589 g/mol. The Labute approximate surface area is 241 Å². The van der Waals surface area contributed by atoms with Crippen molar-refractivity contribution < 1.29 is 53.7 Å². The van der Waals surface area contributed by atoms with Crippen LogP contribution in [0.4, 0.5) is 0 Å². The molecule has 0 bridgehead atoms. The van der Waals surface area contributed by atoms with Gasteiger partial charge in [0.1, 0.15) is 30.5 Å². The molecule has 5 rings (SSSR count). The molecule has 10 atom stereocenters. The zero-order chi connectivity index (χ0) is 30.1. The van der Waals surface area contributed by atoms with Gasteiger partial charge in [0.2, 0.25) is 6.29 Å². The Balaban J connectivity index is 1.48. The van der Waals surface area contributed by atoms with Gasteiger partial charge >= 0.3 is 11.9 Å². The third-order valence-corrected chi connectivity index (χ3v) is 8.30. The van der Waals surface area contributed by atoms with Gasteiger partial charge in [0.05, 0.1) is 32.7 Å². The lowest BCUT2D eigenvalue weighted by atomic mass is 9.77. The van der Waals surface area contributed by atoms with Gasteiger partial charge in [0.15, 0.2) is 6.29 Å². The predicted octanol–water partition coefficient (Wildman–Crippen LogP) is -0.0655. The Kier molecular flexibility index (Phi) is 8.99. The molecule has 0 amide bonds. The van der Waals surface area contributed by atoms with Crippen molar-refractivity contribution in [3.05, 3.63) is 60.0 Å².